The number of ketones is 1. The van der Waals surface area contributed by atoms with Gasteiger partial charge in [0.1, 0.15) is 10.7 Å². The third kappa shape index (κ3) is 2.15. The summed E-state index contributed by atoms with van der Waals surface area (Å²) in [5.74, 6) is 0.00991. The fraction of sp³-hybridized carbons (Fsp3) is 0.0714. The molecule has 3 rings (SSSR count). The van der Waals surface area contributed by atoms with E-state index in [1.165, 1.54) is 11.3 Å². The standard InChI is InChI=1S/C14H10N2OS/c17-13(9-14-15-7-8-18-14)12-6-5-10-3-1-2-4-11(10)16-12/h1-8H,9H2. The molecule has 0 atom stereocenters. The minimum atomic E-state index is 0.00991. The number of aromatic nitrogens is 2. The summed E-state index contributed by atoms with van der Waals surface area (Å²) in [5, 5.41) is 3.74. The lowest BCUT2D eigenvalue weighted by atomic mass is 10.1. The van der Waals surface area contributed by atoms with Crippen LogP contribution in [0, 0.1) is 0 Å². The van der Waals surface area contributed by atoms with Crippen LogP contribution in [0.5, 0.6) is 0 Å². The molecule has 3 aromatic rings. The molecule has 0 N–H and O–H groups in total. The summed E-state index contributed by atoms with van der Waals surface area (Å²) >= 11 is 1.49. The number of hydrogen-bond acceptors (Lipinski definition) is 4. The van der Waals surface area contributed by atoms with Crippen LogP contribution in [0.1, 0.15) is 15.5 Å². The van der Waals surface area contributed by atoms with Gasteiger partial charge in [0.15, 0.2) is 5.78 Å². The lowest BCUT2D eigenvalue weighted by molar-refractivity contribution is 0.0988. The molecule has 0 aliphatic rings. The number of thiazole rings is 1. The molecule has 0 saturated carbocycles. The Hall–Kier alpha value is -2.07. The number of fused-ring (bicyclic) bond motifs is 1. The molecule has 0 aliphatic carbocycles. The van der Waals surface area contributed by atoms with Crippen LogP contribution in [-0.4, -0.2) is 15.8 Å². The highest BCUT2D eigenvalue weighted by molar-refractivity contribution is 7.09. The van der Waals surface area contributed by atoms with E-state index in [4.69, 9.17) is 0 Å². The molecule has 0 spiro atoms. The van der Waals surface area contributed by atoms with Gasteiger partial charge >= 0.3 is 0 Å². The third-order valence-electron chi connectivity index (χ3n) is 2.68. The molecule has 0 radical (unpaired) electrons. The van der Waals surface area contributed by atoms with Crippen molar-refractivity contribution in [3.8, 4) is 0 Å². The largest absolute Gasteiger partial charge is 0.292 e. The minimum Gasteiger partial charge on any atom is -0.292 e. The average Bonchev–Trinajstić information content (AvgIpc) is 2.91. The van der Waals surface area contributed by atoms with Gasteiger partial charge < -0.3 is 0 Å². The van der Waals surface area contributed by atoms with Crippen molar-refractivity contribution in [3.63, 3.8) is 0 Å². The molecule has 88 valence electrons. The Bertz CT molecular complexity index is 692. The Balaban J connectivity index is 1.92. The van der Waals surface area contributed by atoms with Crippen LogP contribution in [0.3, 0.4) is 0 Å². The van der Waals surface area contributed by atoms with Gasteiger partial charge in [0.05, 0.1) is 11.9 Å². The lowest BCUT2D eigenvalue weighted by Crippen LogP contribution is -2.05. The van der Waals surface area contributed by atoms with Gasteiger partial charge in [0, 0.05) is 17.0 Å². The van der Waals surface area contributed by atoms with E-state index in [9.17, 15) is 4.79 Å². The van der Waals surface area contributed by atoms with E-state index in [1.807, 2.05) is 35.7 Å². The maximum atomic E-state index is 12.1. The zero-order valence-corrected chi connectivity index (χ0v) is 10.4. The monoisotopic (exact) mass is 254 g/mol. The van der Waals surface area contributed by atoms with Crippen LogP contribution in [0.15, 0.2) is 48.0 Å². The van der Waals surface area contributed by atoms with Gasteiger partial charge in [0.25, 0.3) is 0 Å². The molecule has 0 aliphatic heterocycles. The molecule has 1 aromatic carbocycles. The zero-order valence-electron chi connectivity index (χ0n) is 9.54. The maximum Gasteiger partial charge on any atom is 0.187 e. The number of carbonyl (C=O) groups is 1. The number of Topliss-reactive ketones (excluding diaryl/α,β-unsaturated/α-hetero) is 1. The zero-order chi connectivity index (χ0) is 12.4. The van der Waals surface area contributed by atoms with Gasteiger partial charge in [-0.1, -0.05) is 24.3 Å². The van der Waals surface area contributed by atoms with Crippen LogP contribution in [-0.2, 0) is 6.42 Å². The molecule has 2 heterocycles. The van der Waals surface area contributed by atoms with Crippen molar-refractivity contribution < 1.29 is 4.79 Å². The maximum absolute atomic E-state index is 12.1. The molecule has 3 nitrogen and oxygen atoms in total. The van der Waals surface area contributed by atoms with Crippen molar-refractivity contribution in [2.24, 2.45) is 0 Å². The first-order valence-corrected chi connectivity index (χ1v) is 6.48. The predicted molar refractivity (Wildman–Crippen MR) is 71.9 cm³/mol. The molecule has 4 heteroatoms. The number of rotatable bonds is 3. The number of carbonyl (C=O) groups excluding carboxylic acids is 1. The van der Waals surface area contributed by atoms with Crippen molar-refractivity contribution >= 4 is 28.0 Å². The first-order chi connectivity index (χ1) is 8.83. The normalized spacial score (nSPS) is 10.7. The van der Waals surface area contributed by atoms with E-state index in [-0.39, 0.29) is 5.78 Å². The van der Waals surface area contributed by atoms with E-state index >= 15 is 0 Å². The van der Waals surface area contributed by atoms with E-state index in [0.29, 0.717) is 12.1 Å². The molecule has 0 unspecified atom stereocenters. The van der Waals surface area contributed by atoms with Gasteiger partial charge in [-0.15, -0.1) is 11.3 Å². The van der Waals surface area contributed by atoms with Crippen molar-refractivity contribution in [3.05, 3.63) is 58.7 Å². The van der Waals surface area contributed by atoms with Gasteiger partial charge in [-0.05, 0) is 12.1 Å². The second-order valence-corrected chi connectivity index (χ2v) is 4.89. The van der Waals surface area contributed by atoms with Gasteiger partial charge in [0.2, 0.25) is 0 Å². The summed E-state index contributed by atoms with van der Waals surface area (Å²) in [6, 6.07) is 11.5. The summed E-state index contributed by atoms with van der Waals surface area (Å²) in [7, 11) is 0. The van der Waals surface area contributed by atoms with Gasteiger partial charge in [-0.3, -0.25) is 4.79 Å². The minimum absolute atomic E-state index is 0.00991. The summed E-state index contributed by atoms with van der Waals surface area (Å²) in [6.07, 6.45) is 2.03. The van der Waals surface area contributed by atoms with Crippen molar-refractivity contribution in [1.82, 2.24) is 9.97 Å². The van der Waals surface area contributed by atoms with Crippen molar-refractivity contribution in [1.29, 1.82) is 0 Å². The van der Waals surface area contributed by atoms with E-state index in [0.717, 1.165) is 15.9 Å². The Labute approximate surface area is 108 Å². The Morgan fingerprint density at radius 3 is 2.89 bits per heavy atom. The summed E-state index contributed by atoms with van der Waals surface area (Å²) in [6.45, 7) is 0. The fourth-order valence-electron chi connectivity index (χ4n) is 1.79. The van der Waals surface area contributed by atoms with Gasteiger partial charge in [-0.25, -0.2) is 9.97 Å². The molecule has 0 bridgehead atoms. The Morgan fingerprint density at radius 1 is 1.17 bits per heavy atom. The molecule has 0 saturated heterocycles. The second-order valence-electron chi connectivity index (χ2n) is 3.91. The number of nitrogens with zero attached hydrogens (tertiary/aromatic N) is 2. The topological polar surface area (TPSA) is 42.9 Å². The molecule has 18 heavy (non-hydrogen) atoms. The molecule has 0 amide bonds. The molecular formula is C14H10N2OS. The average molecular weight is 254 g/mol. The Morgan fingerprint density at radius 2 is 2.06 bits per heavy atom. The first kappa shape index (κ1) is 11.0. The fourth-order valence-corrected chi connectivity index (χ4v) is 2.40. The van der Waals surface area contributed by atoms with Crippen LogP contribution >= 0.6 is 11.3 Å². The van der Waals surface area contributed by atoms with E-state index < -0.39 is 0 Å². The van der Waals surface area contributed by atoms with Crippen LogP contribution in [0.25, 0.3) is 10.9 Å². The smallest absolute Gasteiger partial charge is 0.187 e. The highest BCUT2D eigenvalue weighted by atomic mass is 32.1. The first-order valence-electron chi connectivity index (χ1n) is 5.60. The molecule has 2 aromatic heterocycles. The van der Waals surface area contributed by atoms with Crippen LogP contribution in [0.2, 0.25) is 0 Å². The van der Waals surface area contributed by atoms with E-state index in [1.54, 1.807) is 12.3 Å². The highest BCUT2D eigenvalue weighted by Gasteiger charge is 2.10. The number of para-hydroxylation sites is 1. The quantitative estimate of drug-likeness (QED) is 0.674. The van der Waals surface area contributed by atoms with E-state index in [2.05, 4.69) is 9.97 Å². The summed E-state index contributed by atoms with van der Waals surface area (Å²) < 4.78 is 0. The third-order valence-corrected chi connectivity index (χ3v) is 3.46. The Kier molecular flexibility index (Phi) is 2.86. The summed E-state index contributed by atoms with van der Waals surface area (Å²) in [5.41, 5.74) is 1.35. The second kappa shape index (κ2) is 4.66. The van der Waals surface area contributed by atoms with Crippen LogP contribution in [0.4, 0.5) is 0 Å². The number of benzene rings is 1. The predicted octanol–water partition coefficient (Wildman–Crippen LogP) is 3.12. The van der Waals surface area contributed by atoms with Gasteiger partial charge in [-0.2, -0.15) is 0 Å². The van der Waals surface area contributed by atoms with Crippen LogP contribution < -0.4 is 0 Å². The number of hydrogen-bond donors (Lipinski definition) is 0. The molecular weight excluding hydrogens is 244 g/mol. The summed E-state index contributed by atoms with van der Waals surface area (Å²) in [4.78, 5) is 20.6. The van der Waals surface area contributed by atoms with Crippen molar-refractivity contribution in [2.45, 2.75) is 6.42 Å². The molecule has 0 fully saturated rings. The lowest BCUT2D eigenvalue weighted by Gasteiger charge is -2.01. The van der Waals surface area contributed by atoms with Crippen molar-refractivity contribution in [2.75, 3.05) is 0 Å². The SMILES string of the molecule is O=C(Cc1nccs1)c1ccc2ccccc2n1. The highest BCUT2D eigenvalue weighted by Crippen LogP contribution is 2.14. The number of pyridine rings is 1.